The molecule has 0 aliphatic carbocycles. The van der Waals surface area contributed by atoms with Crippen LogP contribution < -0.4 is 16.0 Å². The minimum absolute atomic E-state index is 0. The zero-order valence-corrected chi connectivity index (χ0v) is 20.2. The molecule has 0 bridgehead atoms. The van der Waals surface area contributed by atoms with Crippen LogP contribution in [-0.4, -0.2) is 68.7 Å². The summed E-state index contributed by atoms with van der Waals surface area (Å²) in [5.74, 6) is 0.808. The molecule has 1 fully saturated rings. The number of hydrogen-bond donors (Lipinski definition) is 3. The Morgan fingerprint density at radius 1 is 1.32 bits per heavy atom. The standard InChI is InChI=1S/C19H33N5O2S.HI/c1-4-20-19(21-8-7-18(25)23-15(2)3)22-14-16(17-6-5-13-27-17)24-9-11-26-12-10-24;/h5-6,13,15-16H,4,7-12,14H2,1-3H3,(H,23,25)(H2,20,21,22);1H. The average Bonchev–Trinajstić information content (AvgIpc) is 3.16. The number of carbonyl (C=O) groups is 1. The minimum atomic E-state index is 0. The summed E-state index contributed by atoms with van der Waals surface area (Å²) in [6.07, 6.45) is 0.431. The highest BCUT2D eigenvalue weighted by Crippen LogP contribution is 2.26. The molecule has 1 aliphatic heterocycles. The molecule has 1 aromatic heterocycles. The maximum absolute atomic E-state index is 11.8. The topological polar surface area (TPSA) is 78.0 Å². The highest BCUT2D eigenvalue weighted by Gasteiger charge is 2.23. The second-order valence-corrected chi connectivity index (χ2v) is 7.78. The van der Waals surface area contributed by atoms with Gasteiger partial charge in [0.1, 0.15) is 0 Å². The molecule has 0 spiro atoms. The molecular weight excluding hydrogens is 489 g/mol. The van der Waals surface area contributed by atoms with Crippen LogP contribution in [0.5, 0.6) is 0 Å². The van der Waals surface area contributed by atoms with Gasteiger partial charge >= 0.3 is 0 Å². The second kappa shape index (κ2) is 14.1. The third-order valence-corrected chi connectivity index (χ3v) is 5.19. The number of nitrogens with zero attached hydrogens (tertiary/aromatic N) is 2. The molecule has 1 aromatic rings. The Morgan fingerprint density at radius 2 is 2.07 bits per heavy atom. The fourth-order valence-electron chi connectivity index (χ4n) is 2.96. The number of hydrogen-bond acceptors (Lipinski definition) is 5. The summed E-state index contributed by atoms with van der Waals surface area (Å²) < 4.78 is 5.50. The summed E-state index contributed by atoms with van der Waals surface area (Å²) in [6.45, 7) is 11.4. The Balaban J connectivity index is 0.00000392. The van der Waals surface area contributed by atoms with Crippen molar-refractivity contribution in [3.63, 3.8) is 0 Å². The summed E-state index contributed by atoms with van der Waals surface area (Å²) in [4.78, 5) is 20.4. The quantitative estimate of drug-likeness (QED) is 0.263. The first kappa shape index (κ1) is 25.1. The lowest BCUT2D eigenvalue weighted by atomic mass is 10.2. The number of aliphatic imine (C=N–C) groups is 1. The van der Waals surface area contributed by atoms with E-state index in [0.29, 0.717) is 19.5 Å². The Bertz CT molecular complexity index is 577. The maximum Gasteiger partial charge on any atom is 0.221 e. The fraction of sp³-hybridized carbons (Fsp3) is 0.684. The van der Waals surface area contributed by atoms with Crippen LogP contribution in [0.4, 0.5) is 0 Å². The molecule has 160 valence electrons. The zero-order valence-electron chi connectivity index (χ0n) is 17.1. The summed E-state index contributed by atoms with van der Waals surface area (Å²) >= 11 is 1.77. The van der Waals surface area contributed by atoms with Gasteiger partial charge in [-0.25, -0.2) is 0 Å². The lowest BCUT2D eigenvalue weighted by Gasteiger charge is -2.33. The van der Waals surface area contributed by atoms with E-state index in [4.69, 9.17) is 9.73 Å². The largest absolute Gasteiger partial charge is 0.379 e. The lowest BCUT2D eigenvalue weighted by molar-refractivity contribution is -0.121. The van der Waals surface area contributed by atoms with Gasteiger partial charge in [0.15, 0.2) is 5.96 Å². The van der Waals surface area contributed by atoms with Gasteiger partial charge in [0, 0.05) is 43.5 Å². The molecule has 0 aromatic carbocycles. The average molecular weight is 523 g/mol. The van der Waals surface area contributed by atoms with Crippen molar-refractivity contribution >= 4 is 47.2 Å². The predicted molar refractivity (Wildman–Crippen MR) is 127 cm³/mol. The molecule has 2 rings (SSSR count). The molecule has 28 heavy (non-hydrogen) atoms. The van der Waals surface area contributed by atoms with E-state index in [-0.39, 0.29) is 42.0 Å². The lowest BCUT2D eigenvalue weighted by Crippen LogP contribution is -2.42. The second-order valence-electron chi connectivity index (χ2n) is 6.80. The number of carbonyl (C=O) groups excluding carboxylic acids is 1. The van der Waals surface area contributed by atoms with Crippen molar-refractivity contribution in [2.75, 3.05) is 45.9 Å². The Labute approximate surface area is 189 Å². The summed E-state index contributed by atoms with van der Waals surface area (Å²) in [6, 6.07) is 4.69. The molecule has 1 aliphatic rings. The van der Waals surface area contributed by atoms with Crippen LogP contribution in [-0.2, 0) is 9.53 Å². The van der Waals surface area contributed by atoms with Gasteiger partial charge in [-0.3, -0.25) is 14.7 Å². The molecule has 1 atom stereocenters. The number of morpholine rings is 1. The fourth-order valence-corrected chi connectivity index (χ4v) is 3.82. The number of halogens is 1. The van der Waals surface area contributed by atoms with E-state index >= 15 is 0 Å². The van der Waals surface area contributed by atoms with Crippen LogP contribution in [0.15, 0.2) is 22.5 Å². The summed E-state index contributed by atoms with van der Waals surface area (Å²) in [5, 5.41) is 11.6. The Hall–Kier alpha value is -0.910. The minimum Gasteiger partial charge on any atom is -0.379 e. The van der Waals surface area contributed by atoms with Crippen LogP contribution in [0.2, 0.25) is 0 Å². The van der Waals surface area contributed by atoms with Gasteiger partial charge in [-0.05, 0) is 32.2 Å². The van der Waals surface area contributed by atoms with Crippen LogP contribution in [0.25, 0.3) is 0 Å². The smallest absolute Gasteiger partial charge is 0.221 e. The van der Waals surface area contributed by atoms with Gasteiger partial charge in [0.25, 0.3) is 0 Å². The number of ether oxygens (including phenoxy) is 1. The van der Waals surface area contributed by atoms with Gasteiger partial charge in [0.05, 0.1) is 25.8 Å². The molecule has 1 saturated heterocycles. The maximum atomic E-state index is 11.8. The van der Waals surface area contributed by atoms with Crippen LogP contribution in [0, 0.1) is 0 Å². The number of guanidine groups is 1. The molecule has 9 heteroatoms. The van der Waals surface area contributed by atoms with Gasteiger partial charge in [0.2, 0.25) is 5.91 Å². The monoisotopic (exact) mass is 523 g/mol. The van der Waals surface area contributed by atoms with Crippen molar-refractivity contribution in [3.05, 3.63) is 22.4 Å². The number of thiophene rings is 1. The van der Waals surface area contributed by atoms with Gasteiger partial charge in [-0.2, -0.15) is 0 Å². The molecule has 3 N–H and O–H groups in total. The SMILES string of the molecule is CCNC(=NCC(c1cccs1)N1CCOCC1)NCCC(=O)NC(C)C.I. The molecule has 1 unspecified atom stereocenters. The van der Waals surface area contributed by atoms with Crippen molar-refractivity contribution in [2.24, 2.45) is 4.99 Å². The van der Waals surface area contributed by atoms with E-state index in [1.807, 2.05) is 20.8 Å². The normalized spacial score (nSPS) is 16.4. The Kier molecular flexibility index (Phi) is 12.7. The van der Waals surface area contributed by atoms with Crippen molar-refractivity contribution in [2.45, 2.75) is 39.3 Å². The van der Waals surface area contributed by atoms with Crippen molar-refractivity contribution in [3.8, 4) is 0 Å². The third-order valence-electron chi connectivity index (χ3n) is 4.22. The van der Waals surface area contributed by atoms with E-state index < -0.39 is 0 Å². The van der Waals surface area contributed by atoms with E-state index in [1.165, 1.54) is 4.88 Å². The molecule has 0 radical (unpaired) electrons. The summed E-state index contributed by atoms with van der Waals surface area (Å²) in [7, 11) is 0. The van der Waals surface area contributed by atoms with Gasteiger partial charge in [-0.1, -0.05) is 6.07 Å². The first-order chi connectivity index (χ1) is 13.1. The van der Waals surface area contributed by atoms with Crippen LogP contribution >= 0.6 is 35.3 Å². The highest BCUT2D eigenvalue weighted by atomic mass is 127. The first-order valence-electron chi connectivity index (χ1n) is 9.77. The molecular formula is C19H34IN5O2S. The Morgan fingerprint density at radius 3 is 2.68 bits per heavy atom. The number of rotatable bonds is 9. The van der Waals surface area contributed by atoms with E-state index in [9.17, 15) is 4.79 Å². The van der Waals surface area contributed by atoms with E-state index in [0.717, 1.165) is 38.8 Å². The predicted octanol–water partition coefficient (Wildman–Crippen LogP) is 2.21. The van der Waals surface area contributed by atoms with Crippen LogP contribution in [0.3, 0.4) is 0 Å². The van der Waals surface area contributed by atoms with E-state index in [1.54, 1.807) is 11.3 Å². The summed E-state index contributed by atoms with van der Waals surface area (Å²) in [5.41, 5.74) is 0. The van der Waals surface area contributed by atoms with Gasteiger partial charge < -0.3 is 20.7 Å². The number of amides is 1. The zero-order chi connectivity index (χ0) is 19.5. The van der Waals surface area contributed by atoms with Gasteiger partial charge in [-0.15, -0.1) is 35.3 Å². The first-order valence-corrected chi connectivity index (χ1v) is 10.6. The third kappa shape index (κ3) is 9.06. The molecule has 0 saturated carbocycles. The highest BCUT2D eigenvalue weighted by molar-refractivity contribution is 14.0. The van der Waals surface area contributed by atoms with E-state index in [2.05, 4.69) is 38.4 Å². The molecule has 7 nitrogen and oxygen atoms in total. The molecule has 2 heterocycles. The van der Waals surface area contributed by atoms with Crippen molar-refractivity contribution in [1.82, 2.24) is 20.9 Å². The van der Waals surface area contributed by atoms with Crippen LogP contribution in [0.1, 0.15) is 38.1 Å². The molecule has 1 amide bonds. The number of nitrogens with one attached hydrogen (secondary N) is 3. The van der Waals surface area contributed by atoms with Crippen molar-refractivity contribution < 1.29 is 9.53 Å². The van der Waals surface area contributed by atoms with Crippen molar-refractivity contribution in [1.29, 1.82) is 0 Å².